The average Bonchev–Trinajstić information content (AvgIpc) is 3.45. The van der Waals surface area contributed by atoms with E-state index in [0.29, 0.717) is 5.01 Å². The minimum atomic E-state index is -1.28. The fourth-order valence-electron chi connectivity index (χ4n) is 4.23. The summed E-state index contributed by atoms with van der Waals surface area (Å²) in [6.07, 6.45) is 1.18. The lowest BCUT2D eigenvalue weighted by Gasteiger charge is -2.20. The van der Waals surface area contributed by atoms with Crippen molar-refractivity contribution in [3.63, 3.8) is 0 Å². The molecule has 8 nitrogen and oxygen atoms in total. The van der Waals surface area contributed by atoms with Gasteiger partial charge in [0.25, 0.3) is 0 Å². The van der Waals surface area contributed by atoms with Crippen LogP contribution < -0.4 is 10.6 Å². The molecule has 35 heavy (non-hydrogen) atoms. The SMILES string of the molecule is CCc1cnc(C(C)NC(=O)C(CC(=O)O)NC(=O)OCC2c3ccccc3-c3ccccc32)s1. The number of alkyl carbamates (subject to hydrolysis) is 1. The molecular formula is C26H27N3O5S. The summed E-state index contributed by atoms with van der Waals surface area (Å²) in [4.78, 5) is 42.1. The van der Waals surface area contributed by atoms with E-state index < -0.39 is 36.5 Å². The van der Waals surface area contributed by atoms with Crippen LogP contribution in [0.4, 0.5) is 4.79 Å². The number of nitrogens with zero attached hydrogens (tertiary/aromatic N) is 1. The van der Waals surface area contributed by atoms with E-state index in [2.05, 4.69) is 15.6 Å². The lowest BCUT2D eigenvalue weighted by Crippen LogP contribution is -2.48. The van der Waals surface area contributed by atoms with Gasteiger partial charge in [-0.25, -0.2) is 9.78 Å². The number of ether oxygens (including phenoxy) is 1. The molecule has 182 valence electrons. The van der Waals surface area contributed by atoms with Gasteiger partial charge >= 0.3 is 12.1 Å². The largest absolute Gasteiger partial charge is 0.481 e. The number of benzene rings is 2. The molecule has 4 rings (SSSR count). The topological polar surface area (TPSA) is 118 Å². The van der Waals surface area contributed by atoms with E-state index in [9.17, 15) is 19.5 Å². The maximum atomic E-state index is 12.8. The number of carbonyl (C=O) groups excluding carboxylic acids is 2. The quantitative estimate of drug-likeness (QED) is 0.410. The van der Waals surface area contributed by atoms with Gasteiger partial charge in [0, 0.05) is 17.0 Å². The molecule has 0 spiro atoms. The van der Waals surface area contributed by atoms with Crippen LogP contribution in [0.3, 0.4) is 0 Å². The van der Waals surface area contributed by atoms with Gasteiger partial charge in [-0.05, 0) is 35.6 Å². The molecule has 1 aliphatic rings. The second kappa shape index (κ2) is 10.7. The molecule has 2 amide bonds. The third-order valence-corrected chi connectivity index (χ3v) is 7.30. The molecule has 0 fully saturated rings. The first-order valence-corrected chi connectivity index (χ1v) is 12.3. The van der Waals surface area contributed by atoms with E-state index in [1.165, 1.54) is 11.3 Å². The molecule has 1 heterocycles. The van der Waals surface area contributed by atoms with Gasteiger partial charge in [0.15, 0.2) is 0 Å². The number of aryl methyl sites for hydroxylation is 1. The smallest absolute Gasteiger partial charge is 0.407 e. The van der Waals surface area contributed by atoms with Gasteiger partial charge in [0.05, 0.1) is 12.5 Å². The van der Waals surface area contributed by atoms with Crippen LogP contribution in [0.5, 0.6) is 0 Å². The zero-order valence-electron chi connectivity index (χ0n) is 19.5. The van der Waals surface area contributed by atoms with Gasteiger partial charge in [-0.3, -0.25) is 9.59 Å². The minimum Gasteiger partial charge on any atom is -0.481 e. The first kappa shape index (κ1) is 24.4. The number of hydrogen-bond donors (Lipinski definition) is 3. The van der Waals surface area contributed by atoms with Gasteiger partial charge in [-0.2, -0.15) is 0 Å². The van der Waals surface area contributed by atoms with Gasteiger partial charge in [0.1, 0.15) is 17.7 Å². The summed E-state index contributed by atoms with van der Waals surface area (Å²) in [7, 11) is 0. The number of aliphatic carboxylic acids is 1. The highest BCUT2D eigenvalue weighted by Gasteiger charge is 2.30. The van der Waals surface area contributed by atoms with Crippen molar-refractivity contribution >= 4 is 29.3 Å². The number of rotatable bonds is 9. The first-order chi connectivity index (χ1) is 16.9. The number of thiazole rings is 1. The van der Waals surface area contributed by atoms with Gasteiger partial charge < -0.3 is 20.5 Å². The van der Waals surface area contributed by atoms with Crippen LogP contribution in [0.1, 0.15) is 53.2 Å². The molecule has 2 aromatic carbocycles. The normalized spacial score (nSPS) is 13.9. The van der Waals surface area contributed by atoms with Crippen molar-refractivity contribution in [2.24, 2.45) is 0 Å². The predicted molar refractivity (Wildman–Crippen MR) is 132 cm³/mol. The molecule has 2 atom stereocenters. The first-order valence-electron chi connectivity index (χ1n) is 11.5. The van der Waals surface area contributed by atoms with Crippen molar-refractivity contribution in [3.8, 4) is 11.1 Å². The number of carboxylic acid groups (broad SMARTS) is 1. The number of fused-ring (bicyclic) bond motifs is 3. The Bertz CT molecular complexity index is 1200. The minimum absolute atomic E-state index is 0.0661. The standard InChI is InChI=1S/C26H27N3O5S/c1-3-16-13-27-25(35-16)15(2)28-24(32)22(12-23(30)31)29-26(33)34-14-21-19-10-6-4-8-17(19)18-9-5-7-11-20(18)21/h4-11,13,15,21-22H,3,12,14H2,1-2H3,(H,28,32)(H,29,33)(H,30,31). The van der Waals surface area contributed by atoms with Crippen LogP contribution in [0.2, 0.25) is 0 Å². The fourth-order valence-corrected chi connectivity index (χ4v) is 5.09. The Morgan fingerprint density at radius 3 is 2.26 bits per heavy atom. The highest BCUT2D eigenvalue weighted by Crippen LogP contribution is 2.44. The van der Waals surface area contributed by atoms with E-state index >= 15 is 0 Å². The van der Waals surface area contributed by atoms with Crippen molar-refractivity contribution in [2.75, 3.05) is 6.61 Å². The van der Waals surface area contributed by atoms with E-state index in [4.69, 9.17) is 4.74 Å². The number of nitrogens with one attached hydrogen (secondary N) is 2. The Labute approximate surface area is 207 Å². The van der Waals surface area contributed by atoms with Crippen molar-refractivity contribution in [1.82, 2.24) is 15.6 Å². The molecule has 3 aromatic rings. The number of carboxylic acids is 1. The summed E-state index contributed by atoms with van der Waals surface area (Å²) in [5, 5.41) is 15.1. The van der Waals surface area contributed by atoms with Crippen molar-refractivity contribution in [1.29, 1.82) is 0 Å². The zero-order chi connectivity index (χ0) is 24.9. The highest BCUT2D eigenvalue weighted by atomic mass is 32.1. The molecule has 0 aliphatic heterocycles. The molecular weight excluding hydrogens is 466 g/mol. The van der Waals surface area contributed by atoms with E-state index in [1.54, 1.807) is 13.1 Å². The Morgan fingerprint density at radius 2 is 1.69 bits per heavy atom. The van der Waals surface area contributed by atoms with Crippen molar-refractivity contribution in [3.05, 3.63) is 75.7 Å². The van der Waals surface area contributed by atoms with Gasteiger partial charge in [-0.15, -0.1) is 11.3 Å². The second-order valence-corrected chi connectivity index (χ2v) is 9.52. The molecule has 9 heteroatoms. The van der Waals surface area contributed by atoms with Gasteiger partial charge in [-0.1, -0.05) is 55.5 Å². The van der Waals surface area contributed by atoms with Crippen LogP contribution in [0, 0.1) is 0 Å². The molecule has 0 bridgehead atoms. The second-order valence-electron chi connectivity index (χ2n) is 8.37. The summed E-state index contributed by atoms with van der Waals surface area (Å²) in [5.41, 5.74) is 4.32. The summed E-state index contributed by atoms with van der Waals surface area (Å²) in [5.74, 6) is -1.96. The molecule has 0 radical (unpaired) electrons. The van der Waals surface area contributed by atoms with E-state index in [-0.39, 0.29) is 12.5 Å². The van der Waals surface area contributed by atoms with Crippen LogP contribution in [0.25, 0.3) is 11.1 Å². The highest BCUT2D eigenvalue weighted by molar-refractivity contribution is 7.11. The summed E-state index contributed by atoms with van der Waals surface area (Å²) in [6.45, 7) is 3.85. The Balaban J connectivity index is 1.40. The molecule has 1 aliphatic carbocycles. The zero-order valence-corrected chi connectivity index (χ0v) is 20.3. The summed E-state index contributed by atoms with van der Waals surface area (Å²) < 4.78 is 5.48. The number of aromatic nitrogens is 1. The Kier molecular flexibility index (Phi) is 7.45. The van der Waals surface area contributed by atoms with Crippen LogP contribution in [-0.4, -0.2) is 40.7 Å². The van der Waals surface area contributed by atoms with Crippen LogP contribution >= 0.6 is 11.3 Å². The molecule has 0 saturated carbocycles. The monoisotopic (exact) mass is 493 g/mol. The maximum absolute atomic E-state index is 12.8. The molecule has 1 aromatic heterocycles. The number of amides is 2. The van der Waals surface area contributed by atoms with Crippen LogP contribution in [-0.2, 0) is 20.7 Å². The maximum Gasteiger partial charge on any atom is 0.407 e. The Morgan fingerprint density at radius 1 is 1.06 bits per heavy atom. The van der Waals surface area contributed by atoms with Gasteiger partial charge in [0.2, 0.25) is 5.91 Å². The van der Waals surface area contributed by atoms with E-state index in [1.807, 2.05) is 55.5 Å². The van der Waals surface area contributed by atoms with E-state index in [0.717, 1.165) is 33.6 Å². The Hall–Kier alpha value is -3.72. The molecule has 3 N–H and O–H groups in total. The summed E-state index contributed by atoms with van der Waals surface area (Å²) >= 11 is 1.48. The third kappa shape index (κ3) is 5.51. The predicted octanol–water partition coefficient (Wildman–Crippen LogP) is 4.26. The molecule has 0 saturated heterocycles. The van der Waals surface area contributed by atoms with Crippen molar-refractivity contribution in [2.45, 2.75) is 44.7 Å². The molecule has 2 unspecified atom stereocenters. The van der Waals surface area contributed by atoms with Crippen LogP contribution in [0.15, 0.2) is 54.7 Å². The average molecular weight is 494 g/mol. The van der Waals surface area contributed by atoms with Crippen molar-refractivity contribution < 1.29 is 24.2 Å². The number of hydrogen-bond acceptors (Lipinski definition) is 6. The summed E-state index contributed by atoms with van der Waals surface area (Å²) in [6, 6.07) is 14.2. The lowest BCUT2D eigenvalue weighted by atomic mass is 9.98. The fraction of sp³-hybridized carbons (Fsp3) is 0.308. The lowest BCUT2D eigenvalue weighted by molar-refractivity contribution is -0.140. The number of carbonyl (C=O) groups is 3. The third-order valence-electron chi connectivity index (χ3n) is 5.98.